The summed E-state index contributed by atoms with van der Waals surface area (Å²) < 4.78 is 0. The van der Waals surface area contributed by atoms with Crippen LogP contribution in [-0.4, -0.2) is 29.9 Å². The van der Waals surface area contributed by atoms with Gasteiger partial charge in [0.2, 0.25) is 5.91 Å². The van der Waals surface area contributed by atoms with Crippen LogP contribution in [0.5, 0.6) is 0 Å². The highest BCUT2D eigenvalue weighted by atomic mass is 16.2. The fraction of sp³-hybridized carbons (Fsp3) is 0.696. The zero-order valence-electron chi connectivity index (χ0n) is 16.2. The number of rotatable bonds is 4. The lowest BCUT2D eigenvalue weighted by Gasteiger charge is -2.44. The van der Waals surface area contributed by atoms with Crippen molar-refractivity contribution in [3.8, 4) is 0 Å². The Balaban J connectivity index is 1.33. The molecule has 1 aliphatic heterocycles. The minimum atomic E-state index is 0.238. The molecule has 1 amide bonds. The Morgan fingerprint density at radius 2 is 1.88 bits per heavy atom. The predicted octanol–water partition coefficient (Wildman–Crippen LogP) is 4.01. The van der Waals surface area contributed by atoms with Gasteiger partial charge >= 0.3 is 0 Å². The molecular formula is C23H34N2O. The van der Waals surface area contributed by atoms with Gasteiger partial charge in [0.25, 0.3) is 0 Å². The monoisotopic (exact) mass is 354 g/mol. The predicted molar refractivity (Wildman–Crippen MR) is 106 cm³/mol. The van der Waals surface area contributed by atoms with Gasteiger partial charge in [0.05, 0.1) is 0 Å². The Bertz CT molecular complexity index is 616. The third-order valence-electron chi connectivity index (χ3n) is 7.49. The maximum Gasteiger partial charge on any atom is 0.225 e. The Kier molecular flexibility index (Phi) is 5.09. The highest BCUT2D eigenvalue weighted by molar-refractivity contribution is 5.79. The minimum absolute atomic E-state index is 0.238. The lowest BCUT2D eigenvalue weighted by molar-refractivity contribution is -0.138. The van der Waals surface area contributed by atoms with E-state index in [9.17, 15) is 4.79 Å². The molecule has 3 aliphatic rings. The molecule has 0 spiro atoms. The number of carbonyl (C=O) groups is 1. The summed E-state index contributed by atoms with van der Waals surface area (Å²) in [7, 11) is 0. The molecule has 1 saturated heterocycles. The van der Waals surface area contributed by atoms with E-state index in [-0.39, 0.29) is 11.3 Å². The van der Waals surface area contributed by atoms with Crippen molar-refractivity contribution in [3.63, 3.8) is 0 Å². The van der Waals surface area contributed by atoms with Crippen molar-refractivity contribution >= 4 is 5.91 Å². The van der Waals surface area contributed by atoms with Gasteiger partial charge in [-0.15, -0.1) is 0 Å². The minimum Gasteiger partial charge on any atom is -0.342 e. The fourth-order valence-electron chi connectivity index (χ4n) is 5.76. The van der Waals surface area contributed by atoms with E-state index in [1.54, 1.807) is 0 Å². The van der Waals surface area contributed by atoms with E-state index < -0.39 is 0 Å². The van der Waals surface area contributed by atoms with Gasteiger partial charge < -0.3 is 10.6 Å². The average Bonchev–Trinajstić information content (AvgIpc) is 3.03. The van der Waals surface area contributed by atoms with E-state index in [1.165, 1.54) is 31.2 Å². The van der Waals surface area contributed by atoms with Crippen LogP contribution in [0.3, 0.4) is 0 Å². The van der Waals surface area contributed by atoms with Crippen LogP contribution in [0.15, 0.2) is 30.3 Å². The topological polar surface area (TPSA) is 46.3 Å². The van der Waals surface area contributed by atoms with Crippen molar-refractivity contribution in [1.29, 1.82) is 0 Å². The van der Waals surface area contributed by atoms with Crippen LogP contribution in [0, 0.1) is 23.2 Å². The number of fused-ring (bicyclic) bond motifs is 2. The van der Waals surface area contributed by atoms with Gasteiger partial charge in [0.1, 0.15) is 0 Å². The Labute approximate surface area is 158 Å². The largest absolute Gasteiger partial charge is 0.342 e. The Morgan fingerprint density at radius 3 is 2.58 bits per heavy atom. The normalized spacial score (nSPS) is 36.9. The molecule has 3 unspecified atom stereocenters. The van der Waals surface area contributed by atoms with Gasteiger partial charge in [-0.1, -0.05) is 43.7 Å². The van der Waals surface area contributed by atoms with Gasteiger partial charge in [-0.25, -0.2) is 0 Å². The molecule has 2 bridgehead atoms. The number of hydrogen-bond donors (Lipinski definition) is 1. The average molecular weight is 355 g/mol. The lowest BCUT2D eigenvalue weighted by Crippen LogP contribution is -2.49. The second-order valence-electron chi connectivity index (χ2n) is 9.50. The highest BCUT2D eigenvalue weighted by Gasteiger charge is 2.44. The number of likely N-dealkylation sites (tertiary alicyclic amines) is 1. The maximum atomic E-state index is 13.2. The van der Waals surface area contributed by atoms with Crippen molar-refractivity contribution in [1.82, 2.24) is 4.90 Å². The van der Waals surface area contributed by atoms with E-state index in [2.05, 4.69) is 42.2 Å². The molecule has 1 aromatic carbocycles. The van der Waals surface area contributed by atoms with Crippen LogP contribution >= 0.6 is 0 Å². The molecule has 142 valence electrons. The summed E-state index contributed by atoms with van der Waals surface area (Å²) in [5.41, 5.74) is 8.09. The third kappa shape index (κ3) is 3.69. The molecular weight excluding hydrogens is 320 g/mol. The van der Waals surface area contributed by atoms with Crippen LogP contribution in [0.2, 0.25) is 0 Å². The fourth-order valence-corrected chi connectivity index (χ4v) is 5.76. The number of hydrogen-bond acceptors (Lipinski definition) is 2. The molecule has 2 saturated carbocycles. The van der Waals surface area contributed by atoms with Crippen LogP contribution in [0.1, 0.15) is 57.4 Å². The Morgan fingerprint density at radius 1 is 1.19 bits per heavy atom. The van der Waals surface area contributed by atoms with E-state index in [4.69, 9.17) is 5.73 Å². The first-order valence-electron chi connectivity index (χ1n) is 10.6. The summed E-state index contributed by atoms with van der Waals surface area (Å²) in [6.45, 7) is 4.26. The number of benzene rings is 1. The van der Waals surface area contributed by atoms with Gasteiger partial charge in [0, 0.05) is 25.0 Å². The summed E-state index contributed by atoms with van der Waals surface area (Å²) in [4.78, 5) is 15.4. The number of nitrogens with two attached hydrogens (primary N) is 1. The second kappa shape index (κ2) is 7.34. The summed E-state index contributed by atoms with van der Waals surface area (Å²) in [5, 5.41) is 0. The maximum absolute atomic E-state index is 13.2. The first-order valence-corrected chi connectivity index (χ1v) is 10.6. The number of nitrogens with zero attached hydrogens (tertiary/aromatic N) is 1. The molecule has 2 aliphatic carbocycles. The molecule has 1 heterocycles. The highest BCUT2D eigenvalue weighted by Crippen LogP contribution is 2.43. The SMILES string of the molecule is CC1(CCc2ccccc2)CCN(C(=O)C2CC3CCCC(C2)C3N)C1. The van der Waals surface area contributed by atoms with Crippen molar-refractivity contribution in [3.05, 3.63) is 35.9 Å². The summed E-state index contributed by atoms with van der Waals surface area (Å²) in [5.74, 6) is 1.84. The van der Waals surface area contributed by atoms with Gasteiger partial charge in [0.15, 0.2) is 0 Å². The van der Waals surface area contributed by atoms with Gasteiger partial charge in [-0.2, -0.15) is 0 Å². The second-order valence-corrected chi connectivity index (χ2v) is 9.50. The molecule has 3 atom stereocenters. The summed E-state index contributed by atoms with van der Waals surface area (Å²) >= 11 is 0. The van der Waals surface area contributed by atoms with Gasteiger partial charge in [-0.05, 0) is 67.8 Å². The van der Waals surface area contributed by atoms with Crippen LogP contribution < -0.4 is 5.73 Å². The van der Waals surface area contributed by atoms with Crippen LogP contribution in [0.25, 0.3) is 0 Å². The lowest BCUT2D eigenvalue weighted by atomic mass is 9.65. The van der Waals surface area contributed by atoms with Crippen LogP contribution in [0.4, 0.5) is 0 Å². The molecule has 1 aromatic rings. The standard InChI is InChI=1S/C23H34N2O/c1-23(11-10-17-6-3-2-4-7-17)12-13-25(16-23)22(26)20-14-18-8-5-9-19(15-20)21(18)24/h2-4,6-7,18-21H,5,8-16,24H2,1H3. The Hall–Kier alpha value is -1.35. The summed E-state index contributed by atoms with van der Waals surface area (Å²) in [6.07, 6.45) is 9.27. The first kappa shape index (κ1) is 18.0. The molecule has 0 aromatic heterocycles. The number of carbonyl (C=O) groups excluding carboxylic acids is 1. The van der Waals surface area contributed by atoms with Crippen molar-refractivity contribution in [2.24, 2.45) is 28.9 Å². The van der Waals surface area contributed by atoms with E-state index >= 15 is 0 Å². The van der Waals surface area contributed by atoms with E-state index in [0.29, 0.717) is 23.8 Å². The van der Waals surface area contributed by atoms with E-state index in [0.717, 1.165) is 38.8 Å². The molecule has 0 radical (unpaired) electrons. The van der Waals surface area contributed by atoms with Crippen molar-refractivity contribution in [2.75, 3.05) is 13.1 Å². The quantitative estimate of drug-likeness (QED) is 0.888. The smallest absolute Gasteiger partial charge is 0.225 e. The molecule has 26 heavy (non-hydrogen) atoms. The molecule has 3 nitrogen and oxygen atoms in total. The molecule has 3 heteroatoms. The van der Waals surface area contributed by atoms with Crippen molar-refractivity contribution < 1.29 is 4.79 Å². The molecule has 4 rings (SSSR count). The zero-order chi connectivity index (χ0) is 18.1. The number of amides is 1. The van der Waals surface area contributed by atoms with Gasteiger partial charge in [-0.3, -0.25) is 4.79 Å². The first-order chi connectivity index (χ1) is 12.5. The van der Waals surface area contributed by atoms with Crippen LogP contribution in [-0.2, 0) is 11.2 Å². The number of aryl methyl sites for hydroxylation is 1. The summed E-state index contributed by atoms with van der Waals surface area (Å²) in [6, 6.07) is 11.1. The molecule has 3 fully saturated rings. The zero-order valence-corrected chi connectivity index (χ0v) is 16.2. The third-order valence-corrected chi connectivity index (χ3v) is 7.49. The van der Waals surface area contributed by atoms with E-state index in [1.807, 2.05) is 0 Å². The molecule has 2 N–H and O–H groups in total. The van der Waals surface area contributed by atoms with Crippen molar-refractivity contribution in [2.45, 2.75) is 64.3 Å².